The van der Waals surface area contributed by atoms with Crippen LogP contribution in [0.3, 0.4) is 0 Å². The van der Waals surface area contributed by atoms with Gasteiger partial charge < -0.3 is 14.8 Å². The number of nitrogens with one attached hydrogen (secondary N) is 2. The molecule has 0 aliphatic carbocycles. The molecule has 0 saturated carbocycles. The Morgan fingerprint density at radius 1 is 1.30 bits per heavy atom. The van der Waals surface area contributed by atoms with E-state index in [4.69, 9.17) is 9.47 Å². The Balaban J connectivity index is 1.89. The van der Waals surface area contributed by atoms with Gasteiger partial charge in [0.1, 0.15) is 12.7 Å². The second kappa shape index (κ2) is 8.38. The number of carbonyl (C=O) groups excluding carboxylic acids is 2. The fraction of sp³-hybridized carbons (Fsp3) is 0.500. The van der Waals surface area contributed by atoms with Crippen molar-refractivity contribution in [1.82, 2.24) is 15.5 Å². The molecule has 0 spiro atoms. The second-order valence-corrected chi connectivity index (χ2v) is 5.36. The summed E-state index contributed by atoms with van der Waals surface area (Å²) in [5.74, 6) is 1.12. The molecule has 0 aromatic heterocycles. The second-order valence-electron chi connectivity index (χ2n) is 5.36. The first-order valence-electron chi connectivity index (χ1n) is 7.74. The zero-order chi connectivity index (χ0) is 16.7. The average molecular weight is 321 g/mol. The van der Waals surface area contributed by atoms with E-state index in [9.17, 15) is 9.59 Å². The molecule has 1 heterocycles. The highest BCUT2D eigenvalue weighted by atomic mass is 16.6. The van der Waals surface area contributed by atoms with Gasteiger partial charge in [-0.25, -0.2) is 4.79 Å². The number of imide groups is 1. The van der Waals surface area contributed by atoms with E-state index in [0.29, 0.717) is 13.2 Å². The third-order valence-electron chi connectivity index (χ3n) is 3.42. The molecule has 0 bridgehead atoms. The van der Waals surface area contributed by atoms with Crippen molar-refractivity contribution in [2.45, 2.75) is 19.4 Å². The summed E-state index contributed by atoms with van der Waals surface area (Å²) in [6.45, 7) is 3.92. The van der Waals surface area contributed by atoms with Crippen molar-refractivity contribution < 1.29 is 19.1 Å². The highest BCUT2D eigenvalue weighted by Gasteiger charge is 2.24. The Bertz CT molecular complexity index is 550. The minimum absolute atomic E-state index is 0.142. The minimum atomic E-state index is -0.502. The summed E-state index contributed by atoms with van der Waals surface area (Å²) >= 11 is 0. The number of para-hydroxylation sites is 2. The molecule has 0 saturated heterocycles. The lowest BCUT2D eigenvalue weighted by molar-refractivity contribution is -0.121. The van der Waals surface area contributed by atoms with Crippen LogP contribution in [0.2, 0.25) is 0 Å². The van der Waals surface area contributed by atoms with Gasteiger partial charge in [-0.1, -0.05) is 19.1 Å². The van der Waals surface area contributed by atoms with Crippen LogP contribution in [0.1, 0.15) is 13.3 Å². The van der Waals surface area contributed by atoms with E-state index in [1.54, 1.807) is 0 Å². The Morgan fingerprint density at radius 2 is 2.04 bits per heavy atom. The number of hydrogen-bond acceptors (Lipinski definition) is 5. The maximum Gasteiger partial charge on any atom is 0.321 e. The largest absolute Gasteiger partial charge is 0.486 e. The average Bonchev–Trinajstić information content (AvgIpc) is 2.54. The summed E-state index contributed by atoms with van der Waals surface area (Å²) in [4.78, 5) is 25.0. The highest BCUT2D eigenvalue weighted by Crippen LogP contribution is 2.30. The van der Waals surface area contributed by atoms with Crippen LogP contribution in [0, 0.1) is 0 Å². The van der Waals surface area contributed by atoms with Gasteiger partial charge in [0, 0.05) is 13.6 Å². The van der Waals surface area contributed by atoms with Gasteiger partial charge in [-0.15, -0.1) is 0 Å². The van der Waals surface area contributed by atoms with E-state index in [-0.39, 0.29) is 18.6 Å². The first-order valence-corrected chi connectivity index (χ1v) is 7.74. The number of amides is 3. The number of fused-ring (bicyclic) bond motifs is 1. The van der Waals surface area contributed by atoms with E-state index in [1.165, 1.54) is 7.05 Å². The summed E-state index contributed by atoms with van der Waals surface area (Å²) in [6, 6.07) is 7.02. The summed E-state index contributed by atoms with van der Waals surface area (Å²) in [5, 5.41) is 4.63. The topological polar surface area (TPSA) is 79.9 Å². The van der Waals surface area contributed by atoms with Gasteiger partial charge in [0.2, 0.25) is 5.91 Å². The van der Waals surface area contributed by atoms with Gasteiger partial charge in [-0.3, -0.25) is 15.0 Å². The SMILES string of the molecule is CCCN(CC(=O)NC(=O)NC)CC1COc2ccccc2O1. The van der Waals surface area contributed by atoms with Crippen molar-refractivity contribution in [3.05, 3.63) is 24.3 Å². The van der Waals surface area contributed by atoms with E-state index in [0.717, 1.165) is 24.5 Å². The molecular weight excluding hydrogens is 298 g/mol. The van der Waals surface area contributed by atoms with Crippen molar-refractivity contribution in [2.24, 2.45) is 0 Å². The van der Waals surface area contributed by atoms with Gasteiger partial charge >= 0.3 is 6.03 Å². The number of carbonyl (C=O) groups is 2. The molecule has 1 atom stereocenters. The first kappa shape index (κ1) is 17.1. The fourth-order valence-electron chi connectivity index (χ4n) is 2.42. The highest BCUT2D eigenvalue weighted by molar-refractivity contribution is 5.95. The predicted molar refractivity (Wildman–Crippen MR) is 85.7 cm³/mol. The molecule has 7 nitrogen and oxygen atoms in total. The van der Waals surface area contributed by atoms with E-state index in [1.807, 2.05) is 36.1 Å². The van der Waals surface area contributed by atoms with Crippen LogP contribution in [0.15, 0.2) is 24.3 Å². The van der Waals surface area contributed by atoms with Gasteiger partial charge in [0.05, 0.1) is 6.54 Å². The molecular formula is C16H23N3O4. The molecule has 1 aliphatic heterocycles. The number of ether oxygens (including phenoxy) is 2. The fourth-order valence-corrected chi connectivity index (χ4v) is 2.42. The molecule has 2 rings (SSSR count). The lowest BCUT2D eigenvalue weighted by atomic mass is 10.2. The molecule has 7 heteroatoms. The molecule has 2 N–H and O–H groups in total. The summed E-state index contributed by atoms with van der Waals surface area (Å²) < 4.78 is 11.6. The predicted octanol–water partition coefficient (Wildman–Crippen LogP) is 0.994. The van der Waals surface area contributed by atoms with E-state index in [2.05, 4.69) is 10.6 Å². The van der Waals surface area contributed by atoms with Crippen LogP contribution in [0.4, 0.5) is 4.79 Å². The molecule has 126 valence electrons. The van der Waals surface area contributed by atoms with E-state index >= 15 is 0 Å². The molecule has 23 heavy (non-hydrogen) atoms. The normalized spacial score (nSPS) is 16.0. The number of hydrogen-bond donors (Lipinski definition) is 2. The number of urea groups is 1. The van der Waals surface area contributed by atoms with Crippen molar-refractivity contribution in [3.63, 3.8) is 0 Å². The minimum Gasteiger partial charge on any atom is -0.486 e. The van der Waals surface area contributed by atoms with Crippen LogP contribution in [0.25, 0.3) is 0 Å². The van der Waals surface area contributed by atoms with Crippen molar-refractivity contribution in [3.8, 4) is 11.5 Å². The number of nitrogens with zero attached hydrogens (tertiary/aromatic N) is 1. The Labute approximate surface area is 135 Å². The monoisotopic (exact) mass is 321 g/mol. The standard InChI is InChI=1S/C16H23N3O4/c1-3-8-19(10-15(20)18-16(21)17-2)9-12-11-22-13-6-4-5-7-14(13)23-12/h4-7,12H,3,8-11H2,1-2H3,(H2,17,18,20,21). The molecule has 3 amide bonds. The molecule has 0 fully saturated rings. The van der Waals surface area contributed by atoms with Gasteiger partial charge in [0.25, 0.3) is 0 Å². The van der Waals surface area contributed by atoms with E-state index < -0.39 is 6.03 Å². The smallest absolute Gasteiger partial charge is 0.321 e. The Morgan fingerprint density at radius 3 is 2.74 bits per heavy atom. The maximum atomic E-state index is 11.9. The molecule has 1 aromatic carbocycles. The van der Waals surface area contributed by atoms with Crippen LogP contribution >= 0.6 is 0 Å². The third-order valence-corrected chi connectivity index (χ3v) is 3.42. The van der Waals surface area contributed by atoms with Crippen molar-refractivity contribution in [1.29, 1.82) is 0 Å². The summed E-state index contributed by atoms with van der Waals surface area (Å²) in [7, 11) is 1.47. The van der Waals surface area contributed by atoms with Crippen molar-refractivity contribution >= 4 is 11.9 Å². The quantitative estimate of drug-likeness (QED) is 0.817. The van der Waals surface area contributed by atoms with Crippen LogP contribution < -0.4 is 20.1 Å². The molecule has 0 radical (unpaired) electrons. The maximum absolute atomic E-state index is 11.9. The summed E-state index contributed by atoms with van der Waals surface area (Å²) in [6.07, 6.45) is 0.751. The zero-order valence-corrected chi connectivity index (χ0v) is 13.5. The van der Waals surface area contributed by atoms with Gasteiger partial charge in [-0.05, 0) is 25.1 Å². The summed E-state index contributed by atoms with van der Waals surface area (Å²) in [5.41, 5.74) is 0. The first-order chi connectivity index (χ1) is 11.1. The third kappa shape index (κ3) is 5.14. The van der Waals surface area contributed by atoms with Gasteiger partial charge in [-0.2, -0.15) is 0 Å². The lowest BCUT2D eigenvalue weighted by Gasteiger charge is -2.30. The Hall–Kier alpha value is -2.28. The lowest BCUT2D eigenvalue weighted by Crippen LogP contribution is -2.47. The van der Waals surface area contributed by atoms with Crippen LogP contribution in [0.5, 0.6) is 11.5 Å². The van der Waals surface area contributed by atoms with Crippen LogP contribution in [-0.4, -0.2) is 56.2 Å². The molecule has 1 aromatic rings. The molecule has 1 unspecified atom stereocenters. The van der Waals surface area contributed by atoms with Crippen molar-refractivity contribution in [2.75, 3.05) is 33.3 Å². The van der Waals surface area contributed by atoms with Gasteiger partial charge in [0.15, 0.2) is 11.5 Å². The number of rotatable bonds is 6. The van der Waals surface area contributed by atoms with Crippen LogP contribution in [-0.2, 0) is 4.79 Å². The zero-order valence-electron chi connectivity index (χ0n) is 13.5. The Kier molecular flexibility index (Phi) is 6.22. The number of benzene rings is 1. The molecule has 1 aliphatic rings.